The third-order valence-corrected chi connectivity index (χ3v) is 2.37. The molecule has 0 spiro atoms. The summed E-state index contributed by atoms with van der Waals surface area (Å²) >= 11 is 0. The summed E-state index contributed by atoms with van der Waals surface area (Å²) in [7, 11) is 0.758. The Morgan fingerprint density at radius 1 is 1.46 bits per heavy atom. The zero-order valence-electron chi connectivity index (χ0n) is 6.56. The van der Waals surface area contributed by atoms with Crippen molar-refractivity contribution in [2.45, 2.75) is 4.90 Å². The smallest absolute Gasteiger partial charge is 0.296 e. The van der Waals surface area contributed by atoms with Crippen molar-refractivity contribution in [3.63, 3.8) is 0 Å². The summed E-state index contributed by atoms with van der Waals surface area (Å²) in [5.74, 6) is 0. The maximum Gasteiger partial charge on any atom is 0.296 e. The van der Waals surface area contributed by atoms with E-state index in [9.17, 15) is 8.42 Å². The molecule has 68 valence electrons. The average Bonchev–Trinajstić information content (AvgIpc) is 2.03. The van der Waals surface area contributed by atoms with Crippen LogP contribution in [0.15, 0.2) is 23.1 Å². The van der Waals surface area contributed by atoms with Gasteiger partial charge in [0.05, 0.1) is 5.69 Å². The van der Waals surface area contributed by atoms with Gasteiger partial charge in [-0.25, -0.2) is 0 Å². The molecule has 0 aliphatic carbocycles. The van der Waals surface area contributed by atoms with Gasteiger partial charge in [0.15, 0.2) is 0 Å². The first-order chi connectivity index (χ1) is 5.95. The van der Waals surface area contributed by atoms with Crippen molar-refractivity contribution >= 4 is 29.5 Å². The van der Waals surface area contributed by atoms with Gasteiger partial charge in [0.25, 0.3) is 10.1 Å². The molecule has 4 N–H and O–H groups in total. The second-order valence-corrected chi connectivity index (χ2v) is 3.76. The molecule has 0 saturated heterocycles. The summed E-state index contributed by atoms with van der Waals surface area (Å²) in [6.45, 7) is 0. The second-order valence-electron chi connectivity index (χ2n) is 2.37. The van der Waals surface area contributed by atoms with Crippen LogP contribution in [0.3, 0.4) is 0 Å². The first kappa shape index (κ1) is 9.88. The van der Waals surface area contributed by atoms with Crippen molar-refractivity contribution in [2.24, 2.45) is 0 Å². The molecule has 0 aliphatic heterocycles. The Hall–Kier alpha value is -1.21. The predicted molar refractivity (Wildman–Crippen MR) is 50.0 cm³/mol. The van der Waals surface area contributed by atoms with Crippen molar-refractivity contribution in [3.05, 3.63) is 18.2 Å². The Kier molecular flexibility index (Phi) is 2.49. The molecule has 2 radical (unpaired) electrons. The molecule has 1 aromatic carbocycles. The fourth-order valence-electron chi connectivity index (χ4n) is 0.848. The Morgan fingerprint density at radius 3 is 2.54 bits per heavy atom. The van der Waals surface area contributed by atoms with Crippen LogP contribution in [0.4, 0.5) is 11.4 Å². The third-order valence-electron chi connectivity index (χ3n) is 1.46. The molecule has 0 unspecified atom stereocenters. The van der Waals surface area contributed by atoms with Crippen LogP contribution in [0.25, 0.3) is 0 Å². The SMILES string of the molecule is [B]Nc1ccc(N)c(S(=O)(=O)O)c1. The quantitative estimate of drug-likeness (QED) is 0.353. The van der Waals surface area contributed by atoms with Crippen LogP contribution in [0.2, 0.25) is 0 Å². The van der Waals surface area contributed by atoms with Gasteiger partial charge in [-0.2, -0.15) is 8.42 Å². The van der Waals surface area contributed by atoms with E-state index in [0.717, 1.165) is 6.07 Å². The lowest BCUT2D eigenvalue weighted by atomic mass is 10.2. The lowest BCUT2D eigenvalue weighted by Crippen LogP contribution is -2.04. The molecule has 0 saturated carbocycles. The number of hydrogen-bond donors (Lipinski definition) is 3. The lowest BCUT2D eigenvalue weighted by molar-refractivity contribution is 0.483. The summed E-state index contributed by atoms with van der Waals surface area (Å²) in [5, 5.41) is 2.24. The number of hydrogen-bond acceptors (Lipinski definition) is 4. The third kappa shape index (κ3) is 2.13. The van der Waals surface area contributed by atoms with Gasteiger partial charge in [0.2, 0.25) is 7.98 Å². The van der Waals surface area contributed by atoms with E-state index < -0.39 is 10.1 Å². The van der Waals surface area contributed by atoms with E-state index in [1.165, 1.54) is 12.1 Å². The van der Waals surface area contributed by atoms with Gasteiger partial charge in [-0.15, -0.1) is 0 Å². The summed E-state index contributed by atoms with van der Waals surface area (Å²) in [5.41, 5.74) is 5.65. The zero-order chi connectivity index (χ0) is 10.1. The minimum atomic E-state index is -4.29. The number of rotatable bonds is 2. The van der Waals surface area contributed by atoms with E-state index in [4.69, 9.17) is 18.3 Å². The molecular weight excluding hydrogens is 191 g/mol. The average molecular weight is 198 g/mol. The molecule has 13 heavy (non-hydrogen) atoms. The van der Waals surface area contributed by atoms with Crippen molar-refractivity contribution in [1.82, 2.24) is 0 Å². The molecule has 0 amide bonds. The zero-order valence-corrected chi connectivity index (χ0v) is 7.38. The number of anilines is 2. The molecule has 0 aromatic heterocycles. The van der Waals surface area contributed by atoms with Crippen molar-refractivity contribution in [3.8, 4) is 0 Å². The van der Waals surface area contributed by atoms with Crippen LogP contribution < -0.4 is 11.0 Å². The highest BCUT2D eigenvalue weighted by Crippen LogP contribution is 2.21. The normalized spacial score (nSPS) is 11.2. The van der Waals surface area contributed by atoms with Gasteiger partial charge in [0.1, 0.15) is 4.90 Å². The highest BCUT2D eigenvalue weighted by molar-refractivity contribution is 7.86. The van der Waals surface area contributed by atoms with Crippen LogP contribution >= 0.6 is 0 Å². The van der Waals surface area contributed by atoms with Gasteiger partial charge in [-0.05, 0) is 18.2 Å². The Bertz CT molecular complexity index is 418. The van der Waals surface area contributed by atoms with Crippen molar-refractivity contribution in [1.29, 1.82) is 0 Å². The van der Waals surface area contributed by atoms with Crippen LogP contribution in [0, 0.1) is 0 Å². The lowest BCUT2D eigenvalue weighted by Gasteiger charge is -2.05. The topological polar surface area (TPSA) is 92.4 Å². The van der Waals surface area contributed by atoms with Crippen LogP contribution in [-0.2, 0) is 10.1 Å². The first-order valence-electron chi connectivity index (χ1n) is 3.29. The van der Waals surface area contributed by atoms with E-state index in [0.29, 0.717) is 5.69 Å². The number of nitrogens with two attached hydrogens (primary N) is 1. The van der Waals surface area contributed by atoms with Gasteiger partial charge < -0.3 is 11.0 Å². The second kappa shape index (κ2) is 3.27. The predicted octanol–water partition coefficient (Wildman–Crippen LogP) is 0.0109. The van der Waals surface area contributed by atoms with Gasteiger partial charge in [-0.3, -0.25) is 4.55 Å². The molecule has 0 fully saturated rings. The molecule has 0 heterocycles. The minimum absolute atomic E-state index is 0.0264. The maximum absolute atomic E-state index is 10.7. The van der Waals surface area contributed by atoms with Crippen LogP contribution in [0.5, 0.6) is 0 Å². The van der Waals surface area contributed by atoms with Gasteiger partial charge in [-0.1, -0.05) is 0 Å². The van der Waals surface area contributed by atoms with E-state index in [1.807, 2.05) is 0 Å². The molecule has 7 heteroatoms. The molecule has 1 aromatic rings. The van der Waals surface area contributed by atoms with Crippen LogP contribution in [0.1, 0.15) is 0 Å². The Labute approximate surface area is 77.1 Å². The van der Waals surface area contributed by atoms with E-state index in [1.54, 1.807) is 0 Å². The monoisotopic (exact) mass is 198 g/mol. The Balaban J connectivity index is 3.36. The highest BCUT2D eigenvalue weighted by atomic mass is 32.2. The van der Waals surface area contributed by atoms with Crippen LogP contribution in [-0.4, -0.2) is 21.0 Å². The van der Waals surface area contributed by atoms with Crippen molar-refractivity contribution < 1.29 is 13.0 Å². The summed E-state index contributed by atoms with van der Waals surface area (Å²) in [6.07, 6.45) is 0. The number of nitrogens with one attached hydrogen (secondary N) is 1. The van der Waals surface area contributed by atoms with E-state index in [2.05, 4.69) is 5.23 Å². The summed E-state index contributed by atoms with van der Waals surface area (Å²) < 4.78 is 30.2. The van der Waals surface area contributed by atoms with E-state index in [-0.39, 0.29) is 10.6 Å². The maximum atomic E-state index is 10.7. The highest BCUT2D eigenvalue weighted by Gasteiger charge is 2.13. The molecule has 0 aliphatic rings. The summed E-state index contributed by atoms with van der Waals surface area (Å²) in [6, 6.07) is 3.97. The molecule has 0 bridgehead atoms. The summed E-state index contributed by atoms with van der Waals surface area (Å²) in [4.78, 5) is -0.358. The largest absolute Gasteiger partial charge is 0.437 e. The van der Waals surface area contributed by atoms with E-state index >= 15 is 0 Å². The molecule has 5 nitrogen and oxygen atoms in total. The Morgan fingerprint density at radius 2 is 2.08 bits per heavy atom. The van der Waals surface area contributed by atoms with Gasteiger partial charge >= 0.3 is 0 Å². The first-order valence-corrected chi connectivity index (χ1v) is 4.73. The standard InChI is InChI=1S/C6H7BN2O3S/c7-9-4-1-2-5(8)6(3-4)13(10,11)12/h1-3,9H,8H2,(H,10,11,12). The molecule has 0 atom stereocenters. The fraction of sp³-hybridized carbons (Fsp3) is 0. The fourth-order valence-corrected chi connectivity index (χ4v) is 1.49. The van der Waals surface area contributed by atoms with Crippen molar-refractivity contribution in [2.75, 3.05) is 11.0 Å². The number of benzene rings is 1. The molecular formula is C6H7BN2O3S. The minimum Gasteiger partial charge on any atom is -0.437 e. The van der Waals surface area contributed by atoms with Gasteiger partial charge in [0, 0.05) is 5.69 Å². The number of nitrogen functional groups attached to an aromatic ring is 1. The molecule has 1 rings (SSSR count).